The lowest BCUT2D eigenvalue weighted by Crippen LogP contribution is -2.25. The smallest absolute Gasteiger partial charge is 0.204 e. The van der Waals surface area contributed by atoms with E-state index in [2.05, 4.69) is 27.7 Å². The number of ether oxygens (including phenoxy) is 6. The third-order valence-corrected chi connectivity index (χ3v) is 11.0. The molecule has 60 heavy (non-hydrogen) atoms. The molecule has 0 atom stereocenters. The molecule has 0 radical (unpaired) electrons. The lowest BCUT2D eigenvalue weighted by Gasteiger charge is -2.27. The molecule has 1 aliphatic carbocycles. The number of carbonyl (C=O) groups excluding carboxylic acids is 2. The number of hydrogen-bond acceptors (Lipinski definition) is 10. The Hall–Kier alpha value is -3.50. The number of unbranched alkanes of at least 4 members (excludes halogenated alkanes) is 20. The van der Waals surface area contributed by atoms with Crippen molar-refractivity contribution >= 4 is 11.6 Å². The Morgan fingerprint density at radius 3 is 0.917 bits per heavy atom. The quantitative estimate of drug-likeness (QED) is 0.0538. The zero-order valence-electron chi connectivity index (χ0n) is 37.9. The Bertz CT molecular complexity index is 1390. The van der Waals surface area contributed by atoms with E-state index in [0.29, 0.717) is 37.9 Å². The van der Waals surface area contributed by atoms with E-state index in [1.165, 1.54) is 77.0 Å². The van der Waals surface area contributed by atoms with Crippen LogP contribution >= 0.6 is 0 Å². The summed E-state index contributed by atoms with van der Waals surface area (Å²) >= 11 is 0. The number of rotatable bonds is 38. The van der Waals surface area contributed by atoms with Crippen LogP contribution in [0.4, 0.5) is 0 Å². The average molecular weight is 841 g/mol. The van der Waals surface area contributed by atoms with Crippen LogP contribution in [-0.2, 0) is 0 Å². The van der Waals surface area contributed by atoms with Crippen LogP contribution in [-0.4, -0.2) is 74.6 Å². The number of carbonyl (C=O) groups is 2. The minimum absolute atomic E-state index is 0.0570. The normalized spacial score (nSPS) is 12.0. The van der Waals surface area contributed by atoms with Crippen LogP contribution in [0.3, 0.4) is 0 Å². The molecule has 2 N–H and O–H groups in total. The maximum Gasteiger partial charge on any atom is 0.204 e. The first-order valence-electron chi connectivity index (χ1n) is 24.0. The van der Waals surface area contributed by atoms with E-state index >= 15 is 0 Å². The highest BCUT2D eigenvalue weighted by Crippen LogP contribution is 2.51. The van der Waals surface area contributed by atoms with E-state index in [1.807, 2.05) is 0 Å². The molecule has 340 valence electrons. The molecule has 1 aliphatic rings. The van der Waals surface area contributed by atoms with E-state index in [9.17, 15) is 19.8 Å². The monoisotopic (exact) mass is 841 g/mol. The van der Waals surface area contributed by atoms with Crippen LogP contribution < -0.4 is 28.4 Å². The summed E-state index contributed by atoms with van der Waals surface area (Å²) in [6, 6.07) is 3.21. The minimum Gasteiger partial charge on any atom is -0.490 e. The molecule has 0 saturated heterocycles. The number of ketones is 2. The maximum absolute atomic E-state index is 14.9. The van der Waals surface area contributed by atoms with Crippen LogP contribution in [0.2, 0.25) is 0 Å². The molecule has 0 amide bonds. The maximum atomic E-state index is 14.9. The van der Waals surface area contributed by atoms with Crippen molar-refractivity contribution in [2.24, 2.45) is 0 Å². The zero-order chi connectivity index (χ0) is 43.2. The molecule has 0 bridgehead atoms. The molecule has 0 aliphatic heterocycles. The number of hydrogen-bond donors (Lipinski definition) is 2. The summed E-state index contributed by atoms with van der Waals surface area (Å²) in [5.74, 6) is 0.433. The fourth-order valence-corrected chi connectivity index (χ4v) is 7.61. The van der Waals surface area contributed by atoms with E-state index in [0.717, 1.165) is 77.0 Å². The van der Waals surface area contributed by atoms with Crippen LogP contribution in [0.15, 0.2) is 12.1 Å². The Balaban J connectivity index is 2.10. The van der Waals surface area contributed by atoms with Gasteiger partial charge in [-0.15, -0.1) is 0 Å². The van der Waals surface area contributed by atoms with Gasteiger partial charge < -0.3 is 38.6 Å². The molecular weight excluding hydrogens is 761 g/mol. The van der Waals surface area contributed by atoms with Crippen molar-refractivity contribution in [2.75, 3.05) is 52.9 Å². The Morgan fingerprint density at radius 2 is 0.617 bits per heavy atom. The molecule has 10 nitrogen and oxygen atoms in total. The molecule has 0 unspecified atom stereocenters. The minimum atomic E-state index is -0.458. The predicted octanol–water partition coefficient (Wildman–Crippen LogP) is 12.2. The van der Waals surface area contributed by atoms with Gasteiger partial charge in [0.05, 0.1) is 50.8 Å². The molecule has 10 heteroatoms. The van der Waals surface area contributed by atoms with Gasteiger partial charge >= 0.3 is 0 Å². The Kier molecular flexibility index (Phi) is 26.6. The summed E-state index contributed by atoms with van der Waals surface area (Å²) in [6.07, 6.45) is 25.9. The van der Waals surface area contributed by atoms with E-state index < -0.39 is 11.6 Å². The summed E-state index contributed by atoms with van der Waals surface area (Å²) in [5, 5.41) is 19.8. The van der Waals surface area contributed by atoms with Crippen molar-refractivity contribution in [3.8, 4) is 34.5 Å². The highest BCUT2D eigenvalue weighted by molar-refractivity contribution is 6.31. The number of fused-ring (bicyclic) bond motifs is 2. The molecule has 2 aromatic rings. The van der Waals surface area contributed by atoms with Gasteiger partial charge in [-0.1, -0.05) is 156 Å². The molecule has 0 heterocycles. The second kappa shape index (κ2) is 31.4. The summed E-state index contributed by atoms with van der Waals surface area (Å²) in [6.45, 7) is 9.51. The summed E-state index contributed by atoms with van der Waals surface area (Å²) in [4.78, 5) is 29.8. The lowest BCUT2D eigenvalue weighted by atomic mass is 9.82. The van der Waals surface area contributed by atoms with Gasteiger partial charge in [-0.3, -0.25) is 9.59 Å². The third-order valence-electron chi connectivity index (χ3n) is 11.0. The van der Waals surface area contributed by atoms with Gasteiger partial charge in [-0.05, 0) is 37.8 Å². The molecule has 0 fully saturated rings. The molecule has 2 aromatic carbocycles. The number of aliphatic hydroxyl groups is 2. The zero-order valence-corrected chi connectivity index (χ0v) is 37.9. The van der Waals surface area contributed by atoms with Gasteiger partial charge in [0.15, 0.2) is 34.6 Å². The Morgan fingerprint density at radius 1 is 0.350 bits per heavy atom. The van der Waals surface area contributed by atoms with Crippen LogP contribution in [0, 0.1) is 0 Å². The highest BCUT2D eigenvalue weighted by Gasteiger charge is 2.40. The molecule has 3 rings (SSSR count). The molecule has 0 spiro atoms. The van der Waals surface area contributed by atoms with E-state index in [1.54, 1.807) is 12.1 Å². The molecule has 0 aromatic heterocycles. The molecule has 0 saturated carbocycles. The van der Waals surface area contributed by atoms with Gasteiger partial charge in [0.1, 0.15) is 13.2 Å². The summed E-state index contributed by atoms with van der Waals surface area (Å²) in [7, 11) is 0. The fraction of sp³-hybridized carbons (Fsp3) is 0.720. The highest BCUT2D eigenvalue weighted by atomic mass is 16.6. The SMILES string of the molecule is CCCCCCCCOc1cc2c(c(OCCO)c1OCCCCCCCC)C(=O)c1cc(OCCCCCCCC)c(OCCCCCCCC)c(OCCO)c1C2=O. The van der Waals surface area contributed by atoms with Crippen molar-refractivity contribution in [1.82, 2.24) is 0 Å². The van der Waals surface area contributed by atoms with Crippen molar-refractivity contribution in [3.05, 3.63) is 34.4 Å². The topological polar surface area (TPSA) is 130 Å². The first-order valence-corrected chi connectivity index (χ1v) is 24.0. The Labute approximate surface area is 362 Å². The largest absolute Gasteiger partial charge is 0.490 e. The van der Waals surface area contributed by atoms with E-state index in [4.69, 9.17) is 28.4 Å². The van der Waals surface area contributed by atoms with Gasteiger partial charge in [0, 0.05) is 11.1 Å². The second-order valence-electron chi connectivity index (χ2n) is 16.2. The van der Waals surface area contributed by atoms with Crippen molar-refractivity contribution in [1.29, 1.82) is 0 Å². The van der Waals surface area contributed by atoms with Crippen molar-refractivity contribution < 1.29 is 48.2 Å². The van der Waals surface area contributed by atoms with E-state index in [-0.39, 0.29) is 71.7 Å². The first kappa shape index (κ1) is 50.9. The standard InChI is InChI=1S/C50H80O10/c1-5-9-13-17-21-25-31-55-41-37-39-43(49(59-35-29-51)47(41)57-33-27-23-19-15-11-7-3)46(54)40-38-42(56-32-26-22-18-14-10-6-2)48(58-34-28-24-20-16-12-8-4)50(60-36-30-52)44(40)45(39)53/h37-38,51-52H,5-36H2,1-4H3. The van der Waals surface area contributed by atoms with Crippen molar-refractivity contribution in [2.45, 2.75) is 182 Å². The van der Waals surface area contributed by atoms with Crippen molar-refractivity contribution in [3.63, 3.8) is 0 Å². The van der Waals surface area contributed by atoms with Gasteiger partial charge in [-0.2, -0.15) is 0 Å². The number of aliphatic hydroxyl groups excluding tert-OH is 2. The third kappa shape index (κ3) is 16.8. The second-order valence-corrected chi connectivity index (χ2v) is 16.2. The average Bonchev–Trinajstić information content (AvgIpc) is 3.25. The van der Waals surface area contributed by atoms with Crippen LogP contribution in [0.1, 0.15) is 214 Å². The predicted molar refractivity (Wildman–Crippen MR) is 240 cm³/mol. The van der Waals surface area contributed by atoms with Gasteiger partial charge in [0.2, 0.25) is 11.5 Å². The number of benzene rings is 2. The lowest BCUT2D eigenvalue weighted by molar-refractivity contribution is 0.0965. The molecular formula is C50H80O10. The summed E-state index contributed by atoms with van der Waals surface area (Å²) < 4.78 is 38.0. The fourth-order valence-electron chi connectivity index (χ4n) is 7.61. The summed E-state index contributed by atoms with van der Waals surface area (Å²) in [5.41, 5.74) is 0.312. The first-order chi connectivity index (χ1) is 29.5. The van der Waals surface area contributed by atoms with Gasteiger partial charge in [0.25, 0.3) is 0 Å². The van der Waals surface area contributed by atoms with Crippen LogP contribution in [0.25, 0.3) is 0 Å². The van der Waals surface area contributed by atoms with Gasteiger partial charge in [-0.25, -0.2) is 0 Å². The van der Waals surface area contributed by atoms with Crippen LogP contribution in [0.5, 0.6) is 34.5 Å².